The summed E-state index contributed by atoms with van der Waals surface area (Å²) in [5, 5.41) is 2.80. The summed E-state index contributed by atoms with van der Waals surface area (Å²) < 4.78 is 5.24. The molecule has 1 aromatic carbocycles. The van der Waals surface area contributed by atoms with Gasteiger partial charge in [-0.15, -0.1) is 11.3 Å². The Labute approximate surface area is 128 Å². The predicted octanol–water partition coefficient (Wildman–Crippen LogP) is 3.73. The van der Waals surface area contributed by atoms with Crippen molar-refractivity contribution in [1.82, 2.24) is 0 Å². The monoisotopic (exact) mass is 303 g/mol. The Kier molecular flexibility index (Phi) is 5.11. The molecule has 5 heteroatoms. The molecule has 0 N–H and O–H groups in total. The van der Waals surface area contributed by atoms with Gasteiger partial charge in [0.1, 0.15) is 5.75 Å². The Morgan fingerprint density at radius 2 is 1.90 bits per heavy atom. The second kappa shape index (κ2) is 7.04. The molecule has 0 aliphatic carbocycles. The summed E-state index contributed by atoms with van der Waals surface area (Å²) in [7, 11) is 0. The lowest BCUT2D eigenvalue weighted by Crippen LogP contribution is -2.30. The molecule has 0 bridgehead atoms. The van der Waals surface area contributed by atoms with Gasteiger partial charge in [0.25, 0.3) is 5.91 Å². The fourth-order valence-corrected chi connectivity index (χ4v) is 2.69. The third-order valence-electron chi connectivity index (χ3n) is 2.96. The Balaban J connectivity index is 2.32. The van der Waals surface area contributed by atoms with Gasteiger partial charge in [-0.05, 0) is 36.6 Å². The van der Waals surface area contributed by atoms with Crippen molar-refractivity contribution in [2.24, 2.45) is 0 Å². The topological polar surface area (TPSA) is 46.6 Å². The molecule has 0 fully saturated rings. The molecule has 0 unspecified atom stereocenters. The van der Waals surface area contributed by atoms with Crippen LogP contribution >= 0.6 is 11.3 Å². The number of amides is 1. The lowest BCUT2D eigenvalue weighted by Gasteiger charge is -2.20. The average Bonchev–Trinajstić information content (AvgIpc) is 3.02. The number of nitrogens with zero attached hydrogens (tertiary/aromatic N) is 1. The molecule has 0 aliphatic rings. The van der Waals surface area contributed by atoms with Gasteiger partial charge in [0.2, 0.25) is 0 Å². The largest absolute Gasteiger partial charge is 0.426 e. The highest BCUT2D eigenvalue weighted by Crippen LogP contribution is 2.26. The van der Waals surface area contributed by atoms with Gasteiger partial charge in [-0.3, -0.25) is 14.5 Å². The normalized spacial score (nSPS) is 10.2. The molecule has 110 valence electrons. The van der Waals surface area contributed by atoms with Gasteiger partial charge in [0.05, 0.1) is 10.6 Å². The van der Waals surface area contributed by atoms with Crippen molar-refractivity contribution >= 4 is 28.2 Å². The Morgan fingerprint density at radius 3 is 2.52 bits per heavy atom. The zero-order chi connectivity index (χ0) is 15.2. The van der Waals surface area contributed by atoms with Gasteiger partial charge >= 0.3 is 5.97 Å². The molecule has 2 rings (SSSR count). The number of thiophene rings is 1. The average molecular weight is 303 g/mol. The van der Waals surface area contributed by atoms with Crippen molar-refractivity contribution in [2.45, 2.75) is 20.3 Å². The third kappa shape index (κ3) is 3.49. The van der Waals surface area contributed by atoms with Gasteiger partial charge in [-0.1, -0.05) is 19.1 Å². The van der Waals surface area contributed by atoms with E-state index >= 15 is 0 Å². The Morgan fingerprint density at radius 1 is 1.14 bits per heavy atom. The smallest absolute Gasteiger partial charge is 0.310 e. The van der Waals surface area contributed by atoms with Gasteiger partial charge in [0.15, 0.2) is 0 Å². The summed E-state index contributed by atoms with van der Waals surface area (Å²) in [5.41, 5.74) is 0.398. The molecule has 0 spiro atoms. The van der Waals surface area contributed by atoms with Crippen molar-refractivity contribution in [3.63, 3.8) is 0 Å². The molecule has 21 heavy (non-hydrogen) atoms. The van der Waals surface area contributed by atoms with Crippen LogP contribution in [0, 0.1) is 0 Å². The SMILES string of the molecule is CCC(=O)Oc1ccccc1C(=O)N(CC)c1cccs1. The van der Waals surface area contributed by atoms with E-state index in [0.29, 0.717) is 17.9 Å². The molecule has 1 heterocycles. The number of esters is 1. The summed E-state index contributed by atoms with van der Waals surface area (Å²) in [6.07, 6.45) is 0.269. The summed E-state index contributed by atoms with van der Waals surface area (Å²) in [6.45, 7) is 4.18. The summed E-state index contributed by atoms with van der Waals surface area (Å²) >= 11 is 1.50. The maximum atomic E-state index is 12.7. The molecular formula is C16H17NO3S. The van der Waals surface area contributed by atoms with Crippen LogP contribution < -0.4 is 9.64 Å². The van der Waals surface area contributed by atoms with E-state index in [1.807, 2.05) is 24.4 Å². The first-order valence-electron chi connectivity index (χ1n) is 6.82. The highest BCUT2D eigenvalue weighted by atomic mass is 32.1. The van der Waals surface area contributed by atoms with Crippen LogP contribution in [0.15, 0.2) is 41.8 Å². The molecule has 0 saturated heterocycles. The maximum absolute atomic E-state index is 12.7. The Bertz CT molecular complexity index is 622. The summed E-state index contributed by atoms with van der Waals surface area (Å²) in [6, 6.07) is 10.6. The molecule has 0 atom stereocenters. The highest BCUT2D eigenvalue weighted by molar-refractivity contribution is 7.14. The fraction of sp³-hybridized carbons (Fsp3) is 0.250. The molecular weight excluding hydrogens is 286 g/mol. The minimum atomic E-state index is -0.352. The first-order valence-corrected chi connectivity index (χ1v) is 7.70. The van der Waals surface area contributed by atoms with Crippen molar-refractivity contribution in [3.05, 3.63) is 47.3 Å². The standard InChI is InChI=1S/C16H17NO3S/c1-3-15(18)20-13-9-6-5-8-12(13)16(19)17(4-2)14-10-7-11-21-14/h5-11H,3-4H2,1-2H3. The number of ether oxygens (including phenoxy) is 1. The number of para-hydroxylation sites is 1. The number of anilines is 1. The van der Waals surface area contributed by atoms with Gasteiger partial charge in [-0.25, -0.2) is 0 Å². The number of carbonyl (C=O) groups is 2. The van der Waals surface area contributed by atoms with Crippen molar-refractivity contribution in [2.75, 3.05) is 11.4 Å². The second-order valence-electron chi connectivity index (χ2n) is 4.32. The van der Waals surface area contributed by atoms with Crippen LogP contribution in [0.2, 0.25) is 0 Å². The molecule has 0 aliphatic heterocycles. The number of hydrogen-bond donors (Lipinski definition) is 0. The van der Waals surface area contributed by atoms with E-state index in [1.54, 1.807) is 36.1 Å². The number of hydrogen-bond acceptors (Lipinski definition) is 4. The lowest BCUT2D eigenvalue weighted by atomic mass is 10.1. The predicted molar refractivity (Wildman–Crippen MR) is 84.0 cm³/mol. The third-order valence-corrected chi connectivity index (χ3v) is 3.85. The molecule has 1 amide bonds. The van der Waals surface area contributed by atoms with E-state index < -0.39 is 0 Å². The molecule has 4 nitrogen and oxygen atoms in total. The minimum absolute atomic E-state index is 0.167. The van der Waals surface area contributed by atoms with E-state index in [4.69, 9.17) is 4.74 Å². The second-order valence-corrected chi connectivity index (χ2v) is 5.25. The van der Waals surface area contributed by atoms with Crippen LogP contribution in [0.3, 0.4) is 0 Å². The maximum Gasteiger partial charge on any atom is 0.310 e. The van der Waals surface area contributed by atoms with E-state index in [-0.39, 0.29) is 18.3 Å². The number of benzene rings is 1. The molecule has 1 aromatic heterocycles. The van der Waals surface area contributed by atoms with Gasteiger partial charge in [0, 0.05) is 13.0 Å². The van der Waals surface area contributed by atoms with Crippen LogP contribution in [0.5, 0.6) is 5.75 Å². The van der Waals surface area contributed by atoms with Crippen molar-refractivity contribution in [1.29, 1.82) is 0 Å². The first kappa shape index (κ1) is 15.3. The fourth-order valence-electron chi connectivity index (χ4n) is 1.90. The van der Waals surface area contributed by atoms with E-state index in [0.717, 1.165) is 5.00 Å². The van der Waals surface area contributed by atoms with E-state index in [2.05, 4.69) is 0 Å². The first-order chi connectivity index (χ1) is 10.2. The Hall–Kier alpha value is -2.14. The van der Waals surface area contributed by atoms with Crippen molar-refractivity contribution in [3.8, 4) is 5.75 Å². The zero-order valence-corrected chi connectivity index (χ0v) is 12.9. The molecule has 0 saturated carbocycles. The van der Waals surface area contributed by atoms with Crippen molar-refractivity contribution < 1.29 is 14.3 Å². The quantitative estimate of drug-likeness (QED) is 0.624. The minimum Gasteiger partial charge on any atom is -0.426 e. The molecule has 0 radical (unpaired) electrons. The lowest BCUT2D eigenvalue weighted by molar-refractivity contribution is -0.134. The number of carbonyl (C=O) groups excluding carboxylic acids is 2. The van der Waals surface area contributed by atoms with Crippen LogP contribution in [-0.4, -0.2) is 18.4 Å². The van der Waals surface area contributed by atoms with Gasteiger partial charge in [-0.2, -0.15) is 0 Å². The van der Waals surface area contributed by atoms with Crippen LogP contribution in [-0.2, 0) is 4.79 Å². The summed E-state index contributed by atoms with van der Waals surface area (Å²) in [5.74, 6) is -0.210. The molecule has 2 aromatic rings. The highest BCUT2D eigenvalue weighted by Gasteiger charge is 2.21. The van der Waals surface area contributed by atoms with Crippen LogP contribution in [0.25, 0.3) is 0 Å². The van der Waals surface area contributed by atoms with Crippen LogP contribution in [0.4, 0.5) is 5.00 Å². The van der Waals surface area contributed by atoms with E-state index in [1.165, 1.54) is 11.3 Å². The zero-order valence-electron chi connectivity index (χ0n) is 12.0. The van der Waals surface area contributed by atoms with E-state index in [9.17, 15) is 9.59 Å². The van der Waals surface area contributed by atoms with Gasteiger partial charge < -0.3 is 4.74 Å². The van der Waals surface area contributed by atoms with Crippen LogP contribution in [0.1, 0.15) is 30.6 Å². The summed E-state index contributed by atoms with van der Waals surface area (Å²) in [4.78, 5) is 25.9. The number of rotatable bonds is 5.